The van der Waals surface area contributed by atoms with Gasteiger partial charge in [-0.3, -0.25) is 4.79 Å². The summed E-state index contributed by atoms with van der Waals surface area (Å²) < 4.78 is 39.9. The van der Waals surface area contributed by atoms with Gasteiger partial charge in [0, 0.05) is 24.4 Å². The maximum Gasteiger partial charge on any atom is 0.252 e. The monoisotopic (exact) mass is 461 g/mol. The molecule has 0 aromatic heterocycles. The summed E-state index contributed by atoms with van der Waals surface area (Å²) in [7, 11) is 0. The van der Waals surface area contributed by atoms with Crippen LogP contribution in [0.5, 0.6) is 0 Å². The summed E-state index contributed by atoms with van der Waals surface area (Å²) in [6, 6.07) is 11.2. The molecule has 2 aromatic rings. The van der Waals surface area contributed by atoms with Crippen LogP contribution >= 0.6 is 0 Å². The van der Waals surface area contributed by atoms with Crippen LogP contribution < -0.4 is 5.32 Å². The Hall–Kier alpha value is -2.39. The van der Waals surface area contributed by atoms with Crippen LogP contribution in [0.15, 0.2) is 42.5 Å². The zero-order valence-corrected chi connectivity index (χ0v) is 18.5. The van der Waals surface area contributed by atoms with Crippen molar-refractivity contribution in [2.24, 2.45) is 0 Å². The van der Waals surface area contributed by atoms with Gasteiger partial charge >= 0.3 is 0 Å². The van der Waals surface area contributed by atoms with Crippen LogP contribution in [0.3, 0.4) is 0 Å². The molecule has 2 aromatic carbocycles. The van der Waals surface area contributed by atoms with Crippen LogP contribution in [-0.2, 0) is 27.5 Å². The van der Waals surface area contributed by atoms with Crippen molar-refractivity contribution < 1.29 is 33.3 Å². The van der Waals surface area contributed by atoms with Gasteiger partial charge < -0.3 is 25.0 Å². The first kappa shape index (κ1) is 23.8. The molecule has 0 aliphatic heterocycles. The van der Waals surface area contributed by atoms with Crippen LogP contribution in [0.25, 0.3) is 0 Å². The number of hydrogen-bond donors (Lipinski definition) is 3. The molecule has 178 valence electrons. The Morgan fingerprint density at radius 2 is 1.79 bits per heavy atom. The highest BCUT2D eigenvalue weighted by Crippen LogP contribution is 2.37. The molecule has 4 atom stereocenters. The SMILES string of the molecule is Cc1cccc(CO[C@]2(C(=O)NC3CC3)CC(OCc3c(F)cccc3F)[C@H](O)[C@H](O)C2)c1. The van der Waals surface area contributed by atoms with E-state index in [1.165, 1.54) is 6.07 Å². The number of aryl methyl sites for hydroxylation is 1. The number of nitrogens with one attached hydrogen (secondary N) is 1. The molecule has 33 heavy (non-hydrogen) atoms. The molecule has 3 N–H and O–H groups in total. The maximum atomic E-state index is 14.0. The predicted molar refractivity (Wildman–Crippen MR) is 116 cm³/mol. The summed E-state index contributed by atoms with van der Waals surface area (Å²) in [4.78, 5) is 13.2. The first-order valence-electron chi connectivity index (χ1n) is 11.2. The zero-order chi connectivity index (χ0) is 23.6. The summed E-state index contributed by atoms with van der Waals surface area (Å²) in [5.41, 5.74) is 0.169. The topological polar surface area (TPSA) is 88.0 Å². The summed E-state index contributed by atoms with van der Waals surface area (Å²) in [5.74, 6) is -1.92. The highest BCUT2D eigenvalue weighted by atomic mass is 19.1. The number of benzene rings is 2. The van der Waals surface area contributed by atoms with Crippen LogP contribution in [0.2, 0.25) is 0 Å². The van der Waals surface area contributed by atoms with Gasteiger partial charge in [-0.05, 0) is 37.5 Å². The molecule has 0 saturated heterocycles. The van der Waals surface area contributed by atoms with Gasteiger partial charge in [-0.25, -0.2) is 8.78 Å². The van der Waals surface area contributed by atoms with E-state index in [1.807, 2.05) is 31.2 Å². The summed E-state index contributed by atoms with van der Waals surface area (Å²) in [5, 5.41) is 24.1. The lowest BCUT2D eigenvalue weighted by Crippen LogP contribution is -2.60. The Balaban J connectivity index is 1.54. The van der Waals surface area contributed by atoms with Gasteiger partial charge in [0.1, 0.15) is 17.7 Å². The van der Waals surface area contributed by atoms with Crippen molar-refractivity contribution in [3.05, 3.63) is 70.8 Å². The van der Waals surface area contributed by atoms with Crippen LogP contribution in [-0.4, -0.2) is 46.1 Å². The Morgan fingerprint density at radius 1 is 1.09 bits per heavy atom. The van der Waals surface area contributed by atoms with E-state index in [4.69, 9.17) is 9.47 Å². The molecule has 2 saturated carbocycles. The lowest BCUT2D eigenvalue weighted by molar-refractivity contribution is -0.200. The van der Waals surface area contributed by atoms with Gasteiger partial charge in [-0.1, -0.05) is 35.9 Å². The fourth-order valence-electron chi connectivity index (χ4n) is 4.19. The third kappa shape index (κ3) is 5.58. The molecule has 0 radical (unpaired) electrons. The van der Waals surface area contributed by atoms with Crippen molar-refractivity contribution in [1.29, 1.82) is 0 Å². The summed E-state index contributed by atoms with van der Waals surface area (Å²) in [6.45, 7) is 1.62. The number of carbonyl (C=O) groups excluding carboxylic acids is 1. The van der Waals surface area contributed by atoms with Crippen molar-refractivity contribution in [3.63, 3.8) is 0 Å². The normalized spacial score (nSPS) is 27.4. The number of aliphatic hydroxyl groups is 2. The third-order valence-electron chi connectivity index (χ3n) is 6.27. The van der Waals surface area contributed by atoms with E-state index >= 15 is 0 Å². The molecule has 4 rings (SSSR count). The van der Waals surface area contributed by atoms with Crippen LogP contribution in [0.1, 0.15) is 42.4 Å². The van der Waals surface area contributed by atoms with Crippen molar-refractivity contribution >= 4 is 5.91 Å². The average molecular weight is 462 g/mol. The second kappa shape index (κ2) is 9.85. The predicted octanol–water partition coefficient (Wildman–Crippen LogP) is 2.91. The highest BCUT2D eigenvalue weighted by Gasteiger charge is 2.52. The second-order valence-electron chi connectivity index (χ2n) is 9.04. The number of rotatable bonds is 8. The number of aliphatic hydroxyl groups excluding tert-OH is 2. The standard InChI is InChI=1S/C25H29F2NO5/c1-15-4-2-5-16(10-15)13-33-25(24(31)28-17-8-9-17)11-21(29)23(30)22(12-25)32-14-18-19(26)6-3-7-20(18)27/h2-7,10,17,21-23,29-30H,8-9,11-14H2,1H3,(H,28,31)/t21-,22?,23-,25+/m1/s1. The van der Waals surface area contributed by atoms with E-state index in [9.17, 15) is 23.8 Å². The second-order valence-corrected chi connectivity index (χ2v) is 9.04. The number of amides is 1. The number of halogens is 2. The molecule has 0 bridgehead atoms. The van der Waals surface area contributed by atoms with E-state index < -0.39 is 42.2 Å². The maximum absolute atomic E-state index is 14.0. The van der Waals surface area contributed by atoms with E-state index in [2.05, 4.69) is 5.32 Å². The Morgan fingerprint density at radius 3 is 2.45 bits per heavy atom. The molecule has 0 heterocycles. The van der Waals surface area contributed by atoms with E-state index in [-0.39, 0.29) is 37.0 Å². The summed E-state index contributed by atoms with van der Waals surface area (Å²) >= 11 is 0. The van der Waals surface area contributed by atoms with Gasteiger partial charge in [0.05, 0.1) is 25.4 Å². The average Bonchev–Trinajstić information content (AvgIpc) is 3.59. The van der Waals surface area contributed by atoms with Crippen molar-refractivity contribution in [2.45, 2.75) is 75.8 Å². The lowest BCUT2D eigenvalue weighted by atomic mass is 9.78. The van der Waals surface area contributed by atoms with Crippen molar-refractivity contribution in [2.75, 3.05) is 0 Å². The Kier molecular flexibility index (Phi) is 7.09. The highest BCUT2D eigenvalue weighted by molar-refractivity contribution is 5.86. The first-order chi connectivity index (χ1) is 15.8. The van der Waals surface area contributed by atoms with Crippen LogP contribution in [0, 0.1) is 18.6 Å². The smallest absolute Gasteiger partial charge is 0.252 e. The quantitative estimate of drug-likeness (QED) is 0.563. The first-order valence-corrected chi connectivity index (χ1v) is 11.2. The van der Waals surface area contributed by atoms with Crippen LogP contribution in [0.4, 0.5) is 8.78 Å². The fraction of sp³-hybridized carbons (Fsp3) is 0.480. The Bertz CT molecular complexity index is 978. The van der Waals surface area contributed by atoms with Gasteiger partial charge in [-0.15, -0.1) is 0 Å². The van der Waals surface area contributed by atoms with Crippen molar-refractivity contribution in [1.82, 2.24) is 5.32 Å². The minimum atomic E-state index is -1.45. The molecule has 1 amide bonds. The van der Waals surface area contributed by atoms with Gasteiger partial charge in [0.25, 0.3) is 5.91 Å². The molecule has 2 aliphatic carbocycles. The third-order valence-corrected chi connectivity index (χ3v) is 6.27. The molecule has 1 unspecified atom stereocenters. The Labute approximate surface area is 191 Å². The minimum Gasteiger partial charge on any atom is -0.390 e. The molecule has 2 aliphatic rings. The fourth-order valence-corrected chi connectivity index (χ4v) is 4.19. The largest absolute Gasteiger partial charge is 0.390 e. The van der Waals surface area contributed by atoms with Gasteiger partial charge in [0.15, 0.2) is 5.60 Å². The molecule has 6 nitrogen and oxygen atoms in total. The van der Waals surface area contributed by atoms with E-state index in [0.29, 0.717) is 0 Å². The van der Waals surface area contributed by atoms with E-state index in [1.54, 1.807) is 0 Å². The number of carbonyl (C=O) groups is 1. The minimum absolute atomic E-state index is 0.0628. The van der Waals surface area contributed by atoms with Gasteiger partial charge in [-0.2, -0.15) is 0 Å². The molecule has 0 spiro atoms. The summed E-state index contributed by atoms with van der Waals surface area (Å²) in [6.07, 6.45) is -2.14. The lowest BCUT2D eigenvalue weighted by Gasteiger charge is -2.44. The van der Waals surface area contributed by atoms with E-state index in [0.717, 1.165) is 36.1 Å². The van der Waals surface area contributed by atoms with Crippen molar-refractivity contribution in [3.8, 4) is 0 Å². The molecular weight excluding hydrogens is 432 g/mol. The molecule has 2 fully saturated rings. The number of ether oxygens (including phenoxy) is 2. The number of hydrogen-bond acceptors (Lipinski definition) is 5. The zero-order valence-electron chi connectivity index (χ0n) is 18.5. The molecular formula is C25H29F2NO5. The molecule has 8 heteroatoms. The van der Waals surface area contributed by atoms with Gasteiger partial charge in [0.2, 0.25) is 0 Å².